The van der Waals surface area contributed by atoms with Gasteiger partial charge in [-0.05, 0) is 0 Å². The first kappa shape index (κ1) is 7.26. The Bertz CT molecular complexity index is 273. The summed E-state index contributed by atoms with van der Waals surface area (Å²) < 4.78 is 4.40. The van der Waals surface area contributed by atoms with E-state index in [0.29, 0.717) is 0 Å². The van der Waals surface area contributed by atoms with Gasteiger partial charge in [0.2, 0.25) is 0 Å². The molecule has 0 bridgehead atoms. The lowest BCUT2D eigenvalue weighted by Crippen LogP contribution is -2.24. The van der Waals surface area contributed by atoms with E-state index in [1.165, 1.54) is 12.3 Å². The number of nitrogens with zero attached hydrogens (tertiary/aromatic N) is 2. The minimum Gasteiger partial charge on any atom is -0.370 e. The molecule has 0 aliphatic heterocycles. The van der Waals surface area contributed by atoms with E-state index in [0.717, 1.165) is 0 Å². The molecule has 0 aromatic carbocycles. The molecular formula is C5H6N4O2. The van der Waals surface area contributed by atoms with Crippen LogP contribution in [0.15, 0.2) is 21.8 Å². The standard InChI is InChI=1S/C5H6N4O2/c6-5(7)8-4(10)3-1-2-11-9-3/h1-2H,(H4,6,7,8,10). The molecule has 0 radical (unpaired) electrons. The molecule has 1 rings (SSSR count). The molecule has 6 heteroatoms. The van der Waals surface area contributed by atoms with Crippen LogP contribution in [-0.4, -0.2) is 17.0 Å². The van der Waals surface area contributed by atoms with Crippen LogP contribution in [0.4, 0.5) is 0 Å². The first-order chi connectivity index (χ1) is 5.20. The van der Waals surface area contributed by atoms with Gasteiger partial charge in [-0.15, -0.1) is 0 Å². The predicted octanol–water partition coefficient (Wildman–Crippen LogP) is -0.912. The molecule has 1 aromatic heterocycles. The maximum atomic E-state index is 10.8. The van der Waals surface area contributed by atoms with E-state index in [9.17, 15) is 4.79 Å². The van der Waals surface area contributed by atoms with Crippen LogP contribution in [0.2, 0.25) is 0 Å². The van der Waals surface area contributed by atoms with Crippen molar-refractivity contribution in [3.63, 3.8) is 0 Å². The smallest absolute Gasteiger partial charge is 0.302 e. The molecule has 0 aliphatic rings. The fourth-order valence-electron chi connectivity index (χ4n) is 0.497. The number of rotatable bonds is 1. The summed E-state index contributed by atoms with van der Waals surface area (Å²) in [6.07, 6.45) is 1.26. The van der Waals surface area contributed by atoms with Crippen molar-refractivity contribution in [3.05, 3.63) is 18.0 Å². The highest BCUT2D eigenvalue weighted by molar-refractivity contribution is 6.00. The Morgan fingerprint density at radius 2 is 2.36 bits per heavy atom. The fourth-order valence-corrected chi connectivity index (χ4v) is 0.497. The number of nitrogens with two attached hydrogens (primary N) is 2. The Hall–Kier alpha value is -1.85. The van der Waals surface area contributed by atoms with Crippen LogP contribution >= 0.6 is 0 Å². The molecule has 0 atom stereocenters. The quantitative estimate of drug-likeness (QED) is 0.402. The number of aromatic nitrogens is 1. The van der Waals surface area contributed by atoms with Gasteiger partial charge < -0.3 is 16.0 Å². The topological polar surface area (TPSA) is 108 Å². The number of hydrogen-bond donors (Lipinski definition) is 2. The molecule has 0 unspecified atom stereocenters. The van der Waals surface area contributed by atoms with E-state index in [1.54, 1.807) is 0 Å². The summed E-state index contributed by atoms with van der Waals surface area (Å²) in [6, 6.07) is 1.37. The molecule has 0 fully saturated rings. The second kappa shape index (κ2) is 2.82. The Labute approximate surface area is 61.9 Å². The zero-order chi connectivity index (χ0) is 8.27. The molecule has 1 heterocycles. The molecule has 0 spiro atoms. The van der Waals surface area contributed by atoms with Gasteiger partial charge in [-0.25, -0.2) is 0 Å². The van der Waals surface area contributed by atoms with E-state index < -0.39 is 5.91 Å². The van der Waals surface area contributed by atoms with Crippen LogP contribution in [0.5, 0.6) is 0 Å². The highest BCUT2D eigenvalue weighted by Gasteiger charge is 2.06. The first-order valence-electron chi connectivity index (χ1n) is 2.74. The third kappa shape index (κ3) is 1.78. The monoisotopic (exact) mass is 154 g/mol. The Balaban J connectivity index is 2.80. The summed E-state index contributed by atoms with van der Waals surface area (Å²) in [5, 5.41) is 3.33. The van der Waals surface area contributed by atoms with Crippen molar-refractivity contribution in [1.29, 1.82) is 0 Å². The van der Waals surface area contributed by atoms with E-state index in [2.05, 4.69) is 14.7 Å². The average Bonchev–Trinajstić information content (AvgIpc) is 2.35. The second-order valence-corrected chi connectivity index (χ2v) is 1.73. The van der Waals surface area contributed by atoms with Crippen LogP contribution < -0.4 is 11.5 Å². The Morgan fingerprint density at radius 3 is 2.82 bits per heavy atom. The van der Waals surface area contributed by atoms with Crippen molar-refractivity contribution in [2.45, 2.75) is 0 Å². The lowest BCUT2D eigenvalue weighted by Gasteiger charge is -1.86. The van der Waals surface area contributed by atoms with Crippen molar-refractivity contribution in [2.24, 2.45) is 16.5 Å². The van der Waals surface area contributed by atoms with Gasteiger partial charge in [0.25, 0.3) is 0 Å². The molecule has 11 heavy (non-hydrogen) atoms. The van der Waals surface area contributed by atoms with Gasteiger partial charge in [0.15, 0.2) is 11.7 Å². The summed E-state index contributed by atoms with van der Waals surface area (Å²) >= 11 is 0. The normalized spacial score (nSPS) is 9.09. The third-order valence-corrected chi connectivity index (χ3v) is 0.888. The van der Waals surface area contributed by atoms with Gasteiger partial charge in [-0.3, -0.25) is 4.79 Å². The van der Waals surface area contributed by atoms with Gasteiger partial charge in [-0.1, -0.05) is 5.16 Å². The molecule has 0 saturated heterocycles. The van der Waals surface area contributed by atoms with E-state index in [-0.39, 0.29) is 11.7 Å². The highest BCUT2D eigenvalue weighted by Crippen LogP contribution is 1.95. The van der Waals surface area contributed by atoms with Gasteiger partial charge in [0, 0.05) is 6.07 Å². The molecule has 6 nitrogen and oxygen atoms in total. The summed E-state index contributed by atoms with van der Waals surface area (Å²) in [7, 11) is 0. The minimum absolute atomic E-state index is 0.0819. The second-order valence-electron chi connectivity index (χ2n) is 1.73. The SMILES string of the molecule is NC(N)=NC(=O)c1ccon1. The molecule has 0 saturated carbocycles. The molecule has 58 valence electrons. The lowest BCUT2D eigenvalue weighted by molar-refractivity contribution is 0.0994. The Kier molecular flexibility index (Phi) is 1.86. The van der Waals surface area contributed by atoms with Gasteiger partial charge >= 0.3 is 5.91 Å². The van der Waals surface area contributed by atoms with Crippen LogP contribution in [0.1, 0.15) is 10.5 Å². The van der Waals surface area contributed by atoms with Crippen molar-refractivity contribution >= 4 is 11.9 Å². The number of aliphatic imine (C=N–C) groups is 1. The molecular weight excluding hydrogens is 148 g/mol. The predicted molar refractivity (Wildman–Crippen MR) is 36.6 cm³/mol. The van der Waals surface area contributed by atoms with Crippen LogP contribution in [0.3, 0.4) is 0 Å². The van der Waals surface area contributed by atoms with E-state index >= 15 is 0 Å². The van der Waals surface area contributed by atoms with Gasteiger partial charge in [0.05, 0.1) is 0 Å². The van der Waals surface area contributed by atoms with E-state index in [1.807, 2.05) is 0 Å². The summed E-state index contributed by atoms with van der Waals surface area (Å²) in [6.45, 7) is 0. The van der Waals surface area contributed by atoms with Crippen LogP contribution in [0.25, 0.3) is 0 Å². The number of hydrogen-bond acceptors (Lipinski definition) is 3. The molecule has 1 aromatic rings. The molecule has 0 aliphatic carbocycles. The van der Waals surface area contributed by atoms with Crippen molar-refractivity contribution in [3.8, 4) is 0 Å². The zero-order valence-corrected chi connectivity index (χ0v) is 5.52. The third-order valence-electron chi connectivity index (χ3n) is 0.888. The molecule has 4 N–H and O–H groups in total. The summed E-state index contributed by atoms with van der Waals surface area (Å²) in [5.41, 5.74) is 9.98. The van der Waals surface area contributed by atoms with Gasteiger partial charge in [-0.2, -0.15) is 4.99 Å². The zero-order valence-electron chi connectivity index (χ0n) is 5.52. The summed E-state index contributed by atoms with van der Waals surface area (Å²) in [4.78, 5) is 14.1. The Morgan fingerprint density at radius 1 is 1.64 bits per heavy atom. The van der Waals surface area contributed by atoms with Crippen LogP contribution in [0, 0.1) is 0 Å². The number of guanidine groups is 1. The number of carbonyl (C=O) groups is 1. The van der Waals surface area contributed by atoms with Crippen LogP contribution in [-0.2, 0) is 0 Å². The maximum absolute atomic E-state index is 10.8. The maximum Gasteiger partial charge on any atom is 0.302 e. The average molecular weight is 154 g/mol. The fraction of sp³-hybridized carbons (Fsp3) is 0. The minimum atomic E-state index is -0.612. The lowest BCUT2D eigenvalue weighted by atomic mass is 10.4. The van der Waals surface area contributed by atoms with Crippen molar-refractivity contribution in [1.82, 2.24) is 5.16 Å². The highest BCUT2D eigenvalue weighted by atomic mass is 16.5. The number of amides is 1. The largest absolute Gasteiger partial charge is 0.370 e. The van der Waals surface area contributed by atoms with Crippen molar-refractivity contribution in [2.75, 3.05) is 0 Å². The van der Waals surface area contributed by atoms with Crippen molar-refractivity contribution < 1.29 is 9.32 Å². The number of carbonyl (C=O) groups excluding carboxylic acids is 1. The van der Waals surface area contributed by atoms with E-state index in [4.69, 9.17) is 11.5 Å². The first-order valence-corrected chi connectivity index (χ1v) is 2.74. The molecule has 1 amide bonds. The summed E-state index contributed by atoms with van der Waals surface area (Å²) in [5.74, 6) is -0.906. The van der Waals surface area contributed by atoms with Gasteiger partial charge in [0.1, 0.15) is 6.26 Å².